The first kappa shape index (κ1) is 20.5. The number of amides is 3. The van der Waals surface area contributed by atoms with Gasteiger partial charge in [-0.2, -0.15) is 0 Å². The SMILES string of the molecule is COc1cc(F)c([C@@H]2CN(OC)C(=O)[C@H]2NC(=O)Nc2ccc(F)cc2)c(F)c1. The number of carbonyl (C=O) groups is 2. The van der Waals surface area contributed by atoms with E-state index in [1.807, 2.05) is 0 Å². The van der Waals surface area contributed by atoms with Crippen molar-refractivity contribution in [2.45, 2.75) is 12.0 Å². The molecule has 7 nitrogen and oxygen atoms in total. The van der Waals surface area contributed by atoms with E-state index in [4.69, 9.17) is 9.57 Å². The number of nitrogens with zero attached hydrogens (tertiary/aromatic N) is 1. The zero-order valence-corrected chi connectivity index (χ0v) is 15.5. The molecule has 1 fully saturated rings. The van der Waals surface area contributed by atoms with Gasteiger partial charge in [0, 0.05) is 29.3 Å². The summed E-state index contributed by atoms with van der Waals surface area (Å²) in [6.45, 7) is -0.170. The van der Waals surface area contributed by atoms with Crippen LogP contribution in [0.3, 0.4) is 0 Å². The maximum Gasteiger partial charge on any atom is 0.319 e. The molecule has 2 aromatic carbocycles. The van der Waals surface area contributed by atoms with E-state index in [-0.39, 0.29) is 23.5 Å². The van der Waals surface area contributed by atoms with Gasteiger partial charge in [-0.15, -0.1) is 0 Å². The predicted molar refractivity (Wildman–Crippen MR) is 96.7 cm³/mol. The molecule has 1 aliphatic rings. The second-order valence-corrected chi connectivity index (χ2v) is 6.28. The van der Waals surface area contributed by atoms with Crippen LogP contribution in [-0.2, 0) is 9.63 Å². The number of carbonyl (C=O) groups excluding carboxylic acids is 2. The van der Waals surface area contributed by atoms with Crippen LogP contribution in [0.2, 0.25) is 0 Å². The van der Waals surface area contributed by atoms with Crippen molar-refractivity contribution < 1.29 is 32.3 Å². The molecule has 0 spiro atoms. The normalized spacial score (nSPS) is 18.7. The molecule has 3 rings (SSSR count). The molecule has 0 bridgehead atoms. The van der Waals surface area contributed by atoms with Crippen molar-refractivity contribution >= 4 is 17.6 Å². The smallest absolute Gasteiger partial charge is 0.319 e. The Kier molecular flexibility index (Phi) is 5.92. The maximum atomic E-state index is 14.5. The third kappa shape index (κ3) is 4.27. The Morgan fingerprint density at radius 2 is 1.72 bits per heavy atom. The summed E-state index contributed by atoms with van der Waals surface area (Å²) in [4.78, 5) is 29.8. The lowest BCUT2D eigenvalue weighted by Gasteiger charge is -2.20. The summed E-state index contributed by atoms with van der Waals surface area (Å²) in [5.74, 6) is -4.04. The van der Waals surface area contributed by atoms with Gasteiger partial charge in [-0.1, -0.05) is 0 Å². The lowest BCUT2D eigenvalue weighted by molar-refractivity contribution is -0.168. The van der Waals surface area contributed by atoms with Crippen molar-refractivity contribution in [1.29, 1.82) is 0 Å². The van der Waals surface area contributed by atoms with Gasteiger partial charge in [0.05, 0.1) is 20.8 Å². The quantitative estimate of drug-likeness (QED) is 0.796. The highest BCUT2D eigenvalue weighted by molar-refractivity contribution is 5.95. The van der Waals surface area contributed by atoms with Gasteiger partial charge < -0.3 is 15.4 Å². The third-order valence-corrected chi connectivity index (χ3v) is 4.54. The molecular weight excluding hydrogens is 391 g/mol. The van der Waals surface area contributed by atoms with E-state index >= 15 is 0 Å². The van der Waals surface area contributed by atoms with E-state index < -0.39 is 41.3 Å². The lowest BCUT2D eigenvalue weighted by Crippen LogP contribution is -2.45. The fourth-order valence-corrected chi connectivity index (χ4v) is 3.16. The summed E-state index contributed by atoms with van der Waals surface area (Å²) in [7, 11) is 2.50. The van der Waals surface area contributed by atoms with Crippen molar-refractivity contribution in [2.24, 2.45) is 0 Å². The Morgan fingerprint density at radius 3 is 2.28 bits per heavy atom. The number of urea groups is 1. The van der Waals surface area contributed by atoms with Crippen LogP contribution in [0.15, 0.2) is 36.4 Å². The van der Waals surface area contributed by atoms with Gasteiger partial charge in [0.2, 0.25) is 0 Å². The van der Waals surface area contributed by atoms with Gasteiger partial charge in [-0.3, -0.25) is 9.63 Å². The van der Waals surface area contributed by atoms with Crippen LogP contribution < -0.4 is 15.4 Å². The van der Waals surface area contributed by atoms with Crippen LogP contribution >= 0.6 is 0 Å². The Labute approximate surface area is 164 Å². The molecule has 2 N–H and O–H groups in total. The highest BCUT2D eigenvalue weighted by Crippen LogP contribution is 2.34. The molecule has 10 heteroatoms. The number of benzene rings is 2. The van der Waals surface area contributed by atoms with Gasteiger partial charge >= 0.3 is 6.03 Å². The zero-order valence-electron chi connectivity index (χ0n) is 15.5. The molecule has 0 aromatic heterocycles. The number of hydrogen-bond donors (Lipinski definition) is 2. The fourth-order valence-electron chi connectivity index (χ4n) is 3.16. The van der Waals surface area contributed by atoms with Gasteiger partial charge in [0.1, 0.15) is 29.2 Å². The van der Waals surface area contributed by atoms with Crippen molar-refractivity contribution in [2.75, 3.05) is 26.1 Å². The molecule has 0 saturated carbocycles. The zero-order chi connectivity index (χ0) is 21.1. The first-order valence-electron chi connectivity index (χ1n) is 8.55. The summed E-state index contributed by atoms with van der Waals surface area (Å²) in [6.07, 6.45) is 0. The van der Waals surface area contributed by atoms with Gasteiger partial charge in [0.15, 0.2) is 0 Å². The molecular formula is C19H18F3N3O4. The molecule has 3 amide bonds. The average molecular weight is 409 g/mol. The van der Waals surface area contributed by atoms with Gasteiger partial charge in [-0.05, 0) is 24.3 Å². The molecule has 1 aliphatic heterocycles. The number of halogens is 3. The molecule has 2 atom stereocenters. The number of anilines is 1. The Hall–Kier alpha value is -3.27. The van der Waals surface area contributed by atoms with Crippen molar-refractivity contribution in [3.05, 3.63) is 59.4 Å². The second kappa shape index (κ2) is 8.39. The molecule has 0 aliphatic carbocycles. The van der Waals surface area contributed by atoms with E-state index in [1.165, 1.54) is 26.4 Å². The minimum absolute atomic E-state index is 0.0183. The number of nitrogens with one attached hydrogen (secondary N) is 2. The molecule has 1 heterocycles. The first-order chi connectivity index (χ1) is 13.8. The van der Waals surface area contributed by atoms with Crippen LogP contribution in [-0.4, -0.2) is 43.8 Å². The van der Waals surface area contributed by atoms with Crippen molar-refractivity contribution in [3.63, 3.8) is 0 Å². The molecule has 0 radical (unpaired) electrons. The van der Waals surface area contributed by atoms with Crippen LogP contribution in [0, 0.1) is 17.5 Å². The highest BCUT2D eigenvalue weighted by Gasteiger charge is 2.45. The molecule has 29 heavy (non-hydrogen) atoms. The number of rotatable bonds is 5. The van der Waals surface area contributed by atoms with E-state index in [9.17, 15) is 22.8 Å². The minimum atomic E-state index is -1.28. The van der Waals surface area contributed by atoms with E-state index in [1.54, 1.807) is 0 Å². The average Bonchev–Trinajstić information content (AvgIpc) is 2.98. The first-order valence-corrected chi connectivity index (χ1v) is 8.55. The van der Waals surface area contributed by atoms with Crippen molar-refractivity contribution in [3.8, 4) is 5.75 Å². The molecule has 1 saturated heterocycles. The standard InChI is InChI=1S/C19H18F3N3O4/c1-28-12-7-14(21)16(15(22)8-12)13-9-25(29-2)18(26)17(13)24-19(27)23-11-5-3-10(20)4-6-11/h3-8,13,17H,9H2,1-2H3,(H2,23,24,27)/t13-,17-/m0/s1. The lowest BCUT2D eigenvalue weighted by atomic mass is 9.93. The highest BCUT2D eigenvalue weighted by atomic mass is 19.1. The molecule has 2 aromatic rings. The number of hydroxylamine groups is 2. The van der Waals surface area contributed by atoms with Crippen LogP contribution in [0.1, 0.15) is 11.5 Å². The molecule has 154 valence electrons. The van der Waals surface area contributed by atoms with Crippen LogP contribution in [0.25, 0.3) is 0 Å². The summed E-state index contributed by atoms with van der Waals surface area (Å²) in [6, 6.07) is 4.85. The largest absolute Gasteiger partial charge is 0.497 e. The van der Waals surface area contributed by atoms with Crippen molar-refractivity contribution in [1.82, 2.24) is 10.4 Å². The fraction of sp³-hybridized carbons (Fsp3) is 0.263. The monoisotopic (exact) mass is 409 g/mol. The summed E-state index contributed by atoms with van der Waals surface area (Å²) >= 11 is 0. The third-order valence-electron chi connectivity index (χ3n) is 4.54. The summed E-state index contributed by atoms with van der Waals surface area (Å²) < 4.78 is 46.9. The van der Waals surface area contributed by atoms with E-state index in [0.717, 1.165) is 29.3 Å². The Balaban J connectivity index is 1.85. The minimum Gasteiger partial charge on any atom is -0.497 e. The van der Waals surface area contributed by atoms with Gasteiger partial charge in [-0.25, -0.2) is 23.0 Å². The van der Waals surface area contributed by atoms with Gasteiger partial charge in [0.25, 0.3) is 5.91 Å². The predicted octanol–water partition coefficient (Wildman–Crippen LogP) is 2.79. The van der Waals surface area contributed by atoms with Crippen LogP contribution in [0.5, 0.6) is 5.75 Å². The van der Waals surface area contributed by atoms with E-state index in [2.05, 4.69) is 10.6 Å². The molecule has 0 unspecified atom stereocenters. The number of hydrogen-bond acceptors (Lipinski definition) is 4. The Bertz CT molecular complexity index is 900. The number of methoxy groups -OCH3 is 1. The maximum absolute atomic E-state index is 14.5. The summed E-state index contributed by atoms with van der Waals surface area (Å²) in [5, 5.41) is 5.75. The number of ether oxygens (including phenoxy) is 1. The Morgan fingerprint density at radius 1 is 1.10 bits per heavy atom. The summed E-state index contributed by atoms with van der Waals surface area (Å²) in [5.41, 5.74) is -0.0953. The topological polar surface area (TPSA) is 79.9 Å². The van der Waals surface area contributed by atoms with Crippen LogP contribution in [0.4, 0.5) is 23.7 Å². The second-order valence-electron chi connectivity index (χ2n) is 6.28. The van der Waals surface area contributed by atoms with E-state index in [0.29, 0.717) is 0 Å².